The lowest BCUT2D eigenvalue weighted by molar-refractivity contribution is -0.0902. The van der Waals surface area contributed by atoms with Crippen molar-refractivity contribution in [1.29, 1.82) is 0 Å². The van der Waals surface area contributed by atoms with E-state index < -0.39 is 47.2 Å². The zero-order valence-electron chi connectivity index (χ0n) is 15.5. The van der Waals surface area contributed by atoms with Crippen LogP contribution < -0.4 is 4.74 Å². The van der Waals surface area contributed by atoms with Crippen molar-refractivity contribution in [2.75, 3.05) is 13.2 Å². The Morgan fingerprint density at radius 1 is 1.07 bits per heavy atom. The van der Waals surface area contributed by atoms with Crippen LogP contribution in [0.1, 0.15) is 23.0 Å². The molecule has 0 N–H and O–H groups in total. The fourth-order valence-electron chi connectivity index (χ4n) is 3.18. The molecular weight excluding hydrogens is 405 g/mol. The van der Waals surface area contributed by atoms with Gasteiger partial charge in [0.2, 0.25) is 0 Å². The first-order valence-corrected chi connectivity index (χ1v) is 9.09. The van der Waals surface area contributed by atoms with Crippen LogP contribution in [0.4, 0.5) is 22.0 Å². The van der Waals surface area contributed by atoms with Crippen molar-refractivity contribution in [1.82, 2.24) is 4.98 Å². The summed E-state index contributed by atoms with van der Waals surface area (Å²) in [6.45, 7) is -0.752. The maximum absolute atomic E-state index is 15.1. The second kappa shape index (κ2) is 7.68. The minimum Gasteiger partial charge on any atom is -0.489 e. The summed E-state index contributed by atoms with van der Waals surface area (Å²) in [4.78, 5) is 3.71. The molecule has 30 heavy (non-hydrogen) atoms. The number of rotatable bonds is 7. The van der Waals surface area contributed by atoms with E-state index in [4.69, 9.17) is 9.47 Å². The van der Waals surface area contributed by atoms with Crippen LogP contribution >= 0.6 is 0 Å². The van der Waals surface area contributed by atoms with Crippen LogP contribution in [0.25, 0.3) is 0 Å². The third-order valence-corrected chi connectivity index (χ3v) is 4.92. The van der Waals surface area contributed by atoms with E-state index in [2.05, 4.69) is 4.98 Å². The predicted octanol–water partition coefficient (Wildman–Crippen LogP) is 5.47. The van der Waals surface area contributed by atoms with E-state index in [1.165, 1.54) is 6.07 Å². The average molecular weight is 421 g/mol. The van der Waals surface area contributed by atoms with Gasteiger partial charge < -0.3 is 9.47 Å². The van der Waals surface area contributed by atoms with Crippen molar-refractivity contribution >= 4 is 0 Å². The summed E-state index contributed by atoms with van der Waals surface area (Å²) in [5.41, 5.74) is -2.94. The number of epoxide rings is 1. The van der Waals surface area contributed by atoms with E-state index in [-0.39, 0.29) is 12.4 Å². The molecule has 0 saturated carbocycles. The molecule has 1 aromatic heterocycles. The van der Waals surface area contributed by atoms with Gasteiger partial charge >= 0.3 is 5.92 Å². The molecule has 0 amide bonds. The molecule has 0 aliphatic carbocycles. The largest absolute Gasteiger partial charge is 0.489 e. The summed E-state index contributed by atoms with van der Waals surface area (Å²) in [6, 6.07) is 13.0. The minimum atomic E-state index is -3.68. The highest BCUT2D eigenvalue weighted by Gasteiger charge is 2.68. The fourth-order valence-corrected chi connectivity index (χ4v) is 3.18. The quantitative estimate of drug-likeness (QED) is 0.375. The molecule has 2 unspecified atom stereocenters. The van der Waals surface area contributed by atoms with Crippen molar-refractivity contribution in [2.45, 2.75) is 17.7 Å². The third-order valence-electron chi connectivity index (χ3n) is 4.92. The summed E-state index contributed by atoms with van der Waals surface area (Å²) >= 11 is 0. The number of hydrogen-bond donors (Lipinski definition) is 0. The van der Waals surface area contributed by atoms with Crippen molar-refractivity contribution in [2.24, 2.45) is 0 Å². The Kier molecular flexibility index (Phi) is 5.19. The molecule has 2 atom stereocenters. The van der Waals surface area contributed by atoms with Gasteiger partial charge in [0, 0.05) is 11.6 Å². The first kappa shape index (κ1) is 20.3. The van der Waals surface area contributed by atoms with E-state index in [0.29, 0.717) is 11.6 Å². The van der Waals surface area contributed by atoms with Crippen molar-refractivity contribution in [3.63, 3.8) is 0 Å². The van der Waals surface area contributed by atoms with Gasteiger partial charge in [0.25, 0.3) is 0 Å². The molecule has 3 aromatic rings. The van der Waals surface area contributed by atoms with Crippen LogP contribution in [0.15, 0.2) is 66.9 Å². The van der Waals surface area contributed by atoms with E-state index in [1.54, 1.807) is 30.3 Å². The number of pyridine rings is 1. The highest BCUT2D eigenvalue weighted by Crippen LogP contribution is 2.56. The minimum absolute atomic E-state index is 0.104. The Labute approximate surface area is 169 Å². The van der Waals surface area contributed by atoms with Crippen molar-refractivity contribution in [3.8, 4) is 5.75 Å². The van der Waals surface area contributed by atoms with E-state index in [9.17, 15) is 13.2 Å². The third kappa shape index (κ3) is 3.63. The predicted molar refractivity (Wildman–Crippen MR) is 97.9 cm³/mol. The lowest BCUT2D eigenvalue weighted by Gasteiger charge is -2.24. The van der Waals surface area contributed by atoms with Crippen molar-refractivity contribution < 1.29 is 31.4 Å². The number of ether oxygens (including phenoxy) is 2. The molecule has 156 valence electrons. The summed E-state index contributed by atoms with van der Waals surface area (Å²) in [5, 5.41) is 0. The zero-order valence-corrected chi connectivity index (χ0v) is 15.5. The van der Waals surface area contributed by atoms with Crippen LogP contribution in [0.2, 0.25) is 0 Å². The SMILES string of the molecule is Fc1ccc(C2(C(F)(F)c3ccc(OCC(F)c4ccccc4)cn3)CO2)c(F)c1. The Morgan fingerprint density at radius 3 is 2.40 bits per heavy atom. The number of aromatic nitrogens is 1. The van der Waals surface area contributed by atoms with Crippen molar-refractivity contribution in [3.05, 3.63) is 95.3 Å². The molecule has 1 aliphatic rings. The summed E-state index contributed by atoms with van der Waals surface area (Å²) in [6.07, 6.45) is -0.352. The van der Waals surface area contributed by atoms with Crippen LogP contribution in [-0.4, -0.2) is 18.2 Å². The van der Waals surface area contributed by atoms with E-state index in [1.807, 2.05) is 0 Å². The van der Waals surface area contributed by atoms with Gasteiger partial charge in [0.05, 0.1) is 12.8 Å². The standard InChI is InChI=1S/C22H16F5NO2/c23-15-6-8-17(18(24)10-15)21(13-30-21)22(26,27)20-9-7-16(11-28-20)29-12-19(25)14-4-2-1-3-5-14/h1-11,19H,12-13H2. The topological polar surface area (TPSA) is 34.6 Å². The first-order chi connectivity index (χ1) is 14.3. The molecule has 0 radical (unpaired) electrons. The monoisotopic (exact) mass is 421 g/mol. The molecule has 4 rings (SSSR count). The summed E-state index contributed by atoms with van der Waals surface area (Å²) in [5.74, 6) is -5.58. The van der Waals surface area contributed by atoms with Crippen LogP contribution in [0, 0.1) is 11.6 Å². The smallest absolute Gasteiger partial charge is 0.324 e. The van der Waals surface area contributed by atoms with Gasteiger partial charge in [0.15, 0.2) is 11.8 Å². The molecule has 8 heteroatoms. The highest BCUT2D eigenvalue weighted by atomic mass is 19.3. The summed E-state index contributed by atoms with van der Waals surface area (Å²) in [7, 11) is 0. The second-order valence-corrected chi connectivity index (χ2v) is 6.88. The van der Waals surface area contributed by atoms with E-state index >= 15 is 8.78 Å². The lowest BCUT2D eigenvalue weighted by Crippen LogP contribution is -2.34. The molecule has 1 saturated heterocycles. The fraction of sp³-hybridized carbons (Fsp3) is 0.227. The van der Waals surface area contributed by atoms with Crippen LogP contribution in [0.3, 0.4) is 0 Å². The first-order valence-electron chi connectivity index (χ1n) is 9.09. The number of halogens is 5. The number of nitrogens with zero attached hydrogens (tertiary/aromatic N) is 1. The average Bonchev–Trinajstić information content (AvgIpc) is 3.55. The Bertz CT molecular complexity index is 1020. The zero-order chi connectivity index (χ0) is 21.4. The summed E-state index contributed by atoms with van der Waals surface area (Å²) < 4.78 is 81.8. The Morgan fingerprint density at radius 2 is 1.80 bits per heavy atom. The molecule has 2 aromatic carbocycles. The number of alkyl halides is 3. The van der Waals surface area contributed by atoms with Crippen LogP contribution in [-0.2, 0) is 16.3 Å². The van der Waals surface area contributed by atoms with Gasteiger partial charge in [-0.3, -0.25) is 4.98 Å². The number of benzene rings is 2. The highest BCUT2D eigenvalue weighted by molar-refractivity contribution is 5.36. The van der Waals surface area contributed by atoms with Gasteiger partial charge in [-0.15, -0.1) is 0 Å². The van der Waals surface area contributed by atoms with Crippen LogP contribution in [0.5, 0.6) is 5.75 Å². The maximum atomic E-state index is 15.1. The molecular formula is C22H16F5NO2. The van der Waals surface area contributed by atoms with E-state index in [0.717, 1.165) is 24.4 Å². The Balaban J connectivity index is 1.49. The Hall–Kier alpha value is -3.00. The molecule has 2 heterocycles. The lowest BCUT2D eigenvalue weighted by atomic mass is 9.90. The normalized spacial score (nSPS) is 19.4. The van der Waals surface area contributed by atoms with Gasteiger partial charge in [-0.25, -0.2) is 13.2 Å². The van der Waals surface area contributed by atoms with Gasteiger partial charge in [-0.1, -0.05) is 30.3 Å². The molecule has 0 bridgehead atoms. The molecule has 0 spiro atoms. The molecule has 3 nitrogen and oxygen atoms in total. The van der Waals surface area contributed by atoms with Gasteiger partial charge in [-0.2, -0.15) is 8.78 Å². The molecule has 1 aliphatic heterocycles. The second-order valence-electron chi connectivity index (χ2n) is 6.88. The van der Waals surface area contributed by atoms with Gasteiger partial charge in [0.1, 0.15) is 29.7 Å². The maximum Gasteiger partial charge on any atom is 0.324 e. The molecule has 1 fully saturated rings. The van der Waals surface area contributed by atoms with Gasteiger partial charge in [-0.05, 0) is 29.8 Å². The number of hydrogen-bond acceptors (Lipinski definition) is 3.